The number of pyridine rings is 1. The standard InChI is InChI=1S/C18H20F2N2O3/c1-10-14(18(2,3)25)15(20)17(11-4-6-12(19)7-5-11)22-16(10)13(24)8-21-9-23/h4-7,9,13,24-25H,8H2,1-3H3,(H,21,23). The predicted octanol–water partition coefficient (Wildman–Crippen LogP) is 2.34. The number of amides is 1. The Balaban J connectivity index is 2.70. The van der Waals surface area contributed by atoms with Gasteiger partial charge >= 0.3 is 0 Å². The lowest BCUT2D eigenvalue weighted by Gasteiger charge is -2.25. The first-order valence-electron chi connectivity index (χ1n) is 7.70. The molecule has 0 aliphatic rings. The van der Waals surface area contributed by atoms with Crippen molar-refractivity contribution in [1.82, 2.24) is 10.3 Å². The zero-order chi connectivity index (χ0) is 18.8. The SMILES string of the molecule is Cc1c(C(O)CNC=O)nc(-c2ccc(F)cc2)c(F)c1C(C)(C)O. The van der Waals surface area contributed by atoms with Gasteiger partial charge in [0, 0.05) is 17.7 Å². The second kappa shape index (κ2) is 7.25. The quantitative estimate of drug-likeness (QED) is 0.699. The Hall–Kier alpha value is -2.38. The molecule has 2 rings (SSSR count). The van der Waals surface area contributed by atoms with Crippen LogP contribution in [0.5, 0.6) is 0 Å². The number of rotatable bonds is 6. The Morgan fingerprint density at radius 3 is 2.40 bits per heavy atom. The maximum absolute atomic E-state index is 15.0. The zero-order valence-electron chi connectivity index (χ0n) is 14.2. The van der Waals surface area contributed by atoms with Crippen LogP contribution in [-0.2, 0) is 10.4 Å². The van der Waals surface area contributed by atoms with Crippen molar-refractivity contribution in [3.8, 4) is 11.3 Å². The Morgan fingerprint density at radius 2 is 1.88 bits per heavy atom. The molecule has 2 aromatic rings. The topological polar surface area (TPSA) is 82.5 Å². The minimum Gasteiger partial charge on any atom is -0.386 e. The van der Waals surface area contributed by atoms with Crippen molar-refractivity contribution in [2.45, 2.75) is 32.5 Å². The number of aromatic nitrogens is 1. The Labute approximate surface area is 144 Å². The maximum Gasteiger partial charge on any atom is 0.207 e. The summed E-state index contributed by atoms with van der Waals surface area (Å²) < 4.78 is 28.2. The summed E-state index contributed by atoms with van der Waals surface area (Å²) >= 11 is 0. The minimum absolute atomic E-state index is 0.0121. The lowest BCUT2D eigenvalue weighted by atomic mass is 9.89. The highest BCUT2D eigenvalue weighted by atomic mass is 19.1. The number of nitrogens with one attached hydrogen (secondary N) is 1. The number of benzene rings is 1. The summed E-state index contributed by atoms with van der Waals surface area (Å²) in [6, 6.07) is 5.07. The van der Waals surface area contributed by atoms with Gasteiger partial charge in [0.1, 0.15) is 17.6 Å². The van der Waals surface area contributed by atoms with Crippen LogP contribution in [0.25, 0.3) is 11.3 Å². The minimum atomic E-state index is -1.53. The first-order valence-corrected chi connectivity index (χ1v) is 7.70. The highest BCUT2D eigenvalue weighted by molar-refractivity contribution is 5.63. The lowest BCUT2D eigenvalue weighted by Crippen LogP contribution is -2.26. The van der Waals surface area contributed by atoms with Gasteiger partial charge in [-0.2, -0.15) is 0 Å². The van der Waals surface area contributed by atoms with E-state index in [4.69, 9.17) is 0 Å². The third-order valence-corrected chi connectivity index (χ3v) is 3.86. The molecule has 0 aliphatic heterocycles. The molecular formula is C18H20F2N2O3. The van der Waals surface area contributed by atoms with Gasteiger partial charge in [0.05, 0.1) is 11.3 Å². The highest BCUT2D eigenvalue weighted by Crippen LogP contribution is 2.35. The normalized spacial score (nSPS) is 12.8. The average molecular weight is 350 g/mol. The molecule has 134 valence electrons. The van der Waals surface area contributed by atoms with Crippen LogP contribution in [0.15, 0.2) is 24.3 Å². The number of hydrogen-bond acceptors (Lipinski definition) is 4. The van der Waals surface area contributed by atoms with Crippen LogP contribution in [0.4, 0.5) is 8.78 Å². The number of aliphatic hydroxyl groups excluding tert-OH is 1. The van der Waals surface area contributed by atoms with Gasteiger partial charge in [0.25, 0.3) is 0 Å². The summed E-state index contributed by atoms with van der Waals surface area (Å²) in [6.45, 7) is 4.27. The monoisotopic (exact) mass is 350 g/mol. The molecule has 7 heteroatoms. The second-order valence-corrected chi connectivity index (χ2v) is 6.27. The zero-order valence-corrected chi connectivity index (χ0v) is 14.2. The van der Waals surface area contributed by atoms with Gasteiger partial charge in [-0.05, 0) is 50.6 Å². The van der Waals surface area contributed by atoms with Gasteiger partial charge in [0.15, 0.2) is 5.82 Å². The molecule has 3 N–H and O–H groups in total. The fraction of sp³-hybridized carbons (Fsp3) is 0.333. The van der Waals surface area contributed by atoms with E-state index in [0.717, 1.165) is 0 Å². The first kappa shape index (κ1) is 19.0. The number of aliphatic hydroxyl groups is 2. The van der Waals surface area contributed by atoms with E-state index < -0.39 is 23.3 Å². The fourth-order valence-corrected chi connectivity index (χ4v) is 2.77. The van der Waals surface area contributed by atoms with Crippen molar-refractivity contribution in [3.05, 3.63) is 52.7 Å². The van der Waals surface area contributed by atoms with Crippen LogP contribution >= 0.6 is 0 Å². The van der Waals surface area contributed by atoms with Crippen molar-refractivity contribution in [2.75, 3.05) is 6.54 Å². The van der Waals surface area contributed by atoms with Gasteiger partial charge in [0.2, 0.25) is 6.41 Å². The van der Waals surface area contributed by atoms with Gasteiger partial charge in [-0.3, -0.25) is 4.79 Å². The molecule has 1 aromatic carbocycles. The van der Waals surface area contributed by atoms with Crippen LogP contribution in [-0.4, -0.2) is 28.2 Å². The molecule has 1 amide bonds. The third kappa shape index (κ3) is 4.00. The van der Waals surface area contributed by atoms with Crippen molar-refractivity contribution in [3.63, 3.8) is 0 Å². The molecular weight excluding hydrogens is 330 g/mol. The number of hydrogen-bond donors (Lipinski definition) is 3. The Kier molecular flexibility index (Phi) is 5.49. The summed E-state index contributed by atoms with van der Waals surface area (Å²) in [6.07, 6.45) is -0.758. The van der Waals surface area contributed by atoms with E-state index >= 15 is 4.39 Å². The lowest BCUT2D eigenvalue weighted by molar-refractivity contribution is -0.110. The molecule has 0 radical (unpaired) electrons. The second-order valence-electron chi connectivity index (χ2n) is 6.27. The van der Waals surface area contributed by atoms with Gasteiger partial charge in [-0.15, -0.1) is 0 Å². The third-order valence-electron chi connectivity index (χ3n) is 3.86. The van der Waals surface area contributed by atoms with Crippen LogP contribution in [0.2, 0.25) is 0 Å². The van der Waals surface area contributed by atoms with Crippen molar-refractivity contribution >= 4 is 6.41 Å². The predicted molar refractivity (Wildman–Crippen MR) is 88.6 cm³/mol. The summed E-state index contributed by atoms with van der Waals surface area (Å²) in [4.78, 5) is 14.6. The average Bonchev–Trinajstić information content (AvgIpc) is 2.52. The van der Waals surface area contributed by atoms with E-state index in [1.54, 1.807) is 0 Å². The number of carbonyl (C=O) groups is 1. The summed E-state index contributed by atoms with van der Waals surface area (Å²) in [5.41, 5.74) is -0.923. The van der Waals surface area contributed by atoms with Crippen LogP contribution in [0.1, 0.15) is 36.8 Å². The molecule has 0 fully saturated rings. The van der Waals surface area contributed by atoms with Crippen molar-refractivity contribution in [2.24, 2.45) is 0 Å². The molecule has 25 heavy (non-hydrogen) atoms. The maximum atomic E-state index is 15.0. The molecule has 1 aromatic heterocycles. The molecule has 0 bridgehead atoms. The van der Waals surface area contributed by atoms with E-state index in [1.807, 2.05) is 0 Å². The Morgan fingerprint density at radius 1 is 1.28 bits per heavy atom. The number of halogens is 2. The fourth-order valence-electron chi connectivity index (χ4n) is 2.77. The largest absolute Gasteiger partial charge is 0.386 e. The van der Waals surface area contributed by atoms with Gasteiger partial charge in [-0.25, -0.2) is 13.8 Å². The summed E-state index contributed by atoms with van der Waals surface area (Å²) in [5, 5.41) is 23.0. The van der Waals surface area contributed by atoms with Gasteiger partial charge in [-0.1, -0.05) is 0 Å². The first-order chi connectivity index (χ1) is 11.7. The molecule has 0 aliphatic carbocycles. The van der Waals surface area contributed by atoms with Crippen LogP contribution in [0.3, 0.4) is 0 Å². The molecule has 1 atom stereocenters. The summed E-state index contributed by atoms with van der Waals surface area (Å²) in [7, 11) is 0. The van der Waals surface area contributed by atoms with Crippen LogP contribution < -0.4 is 5.32 Å². The smallest absolute Gasteiger partial charge is 0.207 e. The van der Waals surface area contributed by atoms with E-state index in [1.165, 1.54) is 45.0 Å². The summed E-state index contributed by atoms with van der Waals surface area (Å²) in [5.74, 6) is -1.22. The number of nitrogens with zero attached hydrogens (tertiary/aromatic N) is 1. The molecule has 5 nitrogen and oxygen atoms in total. The highest BCUT2D eigenvalue weighted by Gasteiger charge is 2.30. The molecule has 0 saturated carbocycles. The number of carbonyl (C=O) groups excluding carboxylic acids is 1. The van der Waals surface area contributed by atoms with Gasteiger partial charge < -0.3 is 15.5 Å². The van der Waals surface area contributed by atoms with E-state index in [-0.39, 0.29) is 29.1 Å². The van der Waals surface area contributed by atoms with E-state index in [0.29, 0.717) is 12.0 Å². The van der Waals surface area contributed by atoms with E-state index in [9.17, 15) is 19.4 Å². The molecule has 1 heterocycles. The van der Waals surface area contributed by atoms with E-state index in [2.05, 4.69) is 10.3 Å². The Bertz CT molecular complexity index is 771. The van der Waals surface area contributed by atoms with Crippen molar-refractivity contribution < 1.29 is 23.8 Å². The molecule has 0 saturated heterocycles. The van der Waals surface area contributed by atoms with Crippen LogP contribution in [0, 0.1) is 18.6 Å². The van der Waals surface area contributed by atoms with Crippen molar-refractivity contribution in [1.29, 1.82) is 0 Å². The molecule has 0 spiro atoms. The molecule has 1 unspecified atom stereocenters.